The SMILES string of the molecule is CSc1cccc(NC(=O)c2c[nH]c(=O)n(CC3CCCO3)c2=O)c1. The van der Waals surface area contributed by atoms with Crippen LogP contribution >= 0.6 is 11.8 Å². The number of carbonyl (C=O) groups is 1. The van der Waals surface area contributed by atoms with Crippen LogP contribution in [0, 0.1) is 0 Å². The molecule has 8 heteroatoms. The molecule has 1 saturated heterocycles. The Balaban J connectivity index is 1.84. The van der Waals surface area contributed by atoms with Crippen molar-refractivity contribution >= 4 is 23.4 Å². The van der Waals surface area contributed by atoms with E-state index >= 15 is 0 Å². The van der Waals surface area contributed by atoms with Crippen LogP contribution in [-0.4, -0.2) is 34.4 Å². The Morgan fingerprint density at radius 2 is 2.28 bits per heavy atom. The molecule has 3 rings (SSSR count). The molecule has 1 unspecified atom stereocenters. The average molecular weight is 361 g/mol. The normalized spacial score (nSPS) is 16.8. The van der Waals surface area contributed by atoms with E-state index in [1.54, 1.807) is 17.8 Å². The van der Waals surface area contributed by atoms with Crippen molar-refractivity contribution in [2.75, 3.05) is 18.2 Å². The Morgan fingerprint density at radius 3 is 3.00 bits per heavy atom. The van der Waals surface area contributed by atoms with Crippen molar-refractivity contribution in [2.45, 2.75) is 30.4 Å². The highest BCUT2D eigenvalue weighted by Gasteiger charge is 2.20. The van der Waals surface area contributed by atoms with Crippen LogP contribution in [0.25, 0.3) is 0 Å². The lowest BCUT2D eigenvalue weighted by molar-refractivity contribution is 0.0941. The first kappa shape index (κ1) is 17.5. The van der Waals surface area contributed by atoms with Crippen LogP contribution in [0.2, 0.25) is 0 Å². The van der Waals surface area contributed by atoms with Crippen LogP contribution < -0.4 is 16.6 Å². The van der Waals surface area contributed by atoms with Gasteiger partial charge in [0.25, 0.3) is 11.5 Å². The Labute approximate surface area is 148 Å². The molecule has 25 heavy (non-hydrogen) atoms. The highest BCUT2D eigenvalue weighted by Crippen LogP contribution is 2.19. The maximum Gasteiger partial charge on any atom is 0.328 e. The number of thioether (sulfide) groups is 1. The molecule has 0 spiro atoms. The van der Waals surface area contributed by atoms with E-state index in [2.05, 4.69) is 10.3 Å². The van der Waals surface area contributed by atoms with Crippen LogP contribution in [-0.2, 0) is 11.3 Å². The number of carbonyl (C=O) groups excluding carboxylic acids is 1. The Bertz CT molecular complexity index is 884. The van der Waals surface area contributed by atoms with Crippen molar-refractivity contribution in [3.05, 3.63) is 56.9 Å². The molecule has 2 aromatic rings. The van der Waals surface area contributed by atoms with Crippen LogP contribution in [0.4, 0.5) is 5.69 Å². The molecule has 7 nitrogen and oxygen atoms in total. The van der Waals surface area contributed by atoms with Gasteiger partial charge in [0.15, 0.2) is 0 Å². The number of amides is 1. The summed E-state index contributed by atoms with van der Waals surface area (Å²) in [5.41, 5.74) is -0.667. The summed E-state index contributed by atoms with van der Waals surface area (Å²) in [6, 6.07) is 7.31. The smallest absolute Gasteiger partial charge is 0.328 e. The first-order valence-electron chi connectivity index (χ1n) is 7.98. The number of nitrogens with zero attached hydrogens (tertiary/aromatic N) is 1. The Kier molecular flexibility index (Phi) is 5.40. The van der Waals surface area contributed by atoms with Gasteiger partial charge < -0.3 is 15.0 Å². The van der Waals surface area contributed by atoms with E-state index in [1.165, 1.54) is 0 Å². The molecular formula is C17H19N3O4S. The highest BCUT2D eigenvalue weighted by atomic mass is 32.2. The van der Waals surface area contributed by atoms with Crippen LogP contribution in [0.1, 0.15) is 23.2 Å². The van der Waals surface area contributed by atoms with Crippen molar-refractivity contribution in [1.82, 2.24) is 9.55 Å². The lowest BCUT2D eigenvalue weighted by Gasteiger charge is -2.12. The van der Waals surface area contributed by atoms with Crippen molar-refractivity contribution < 1.29 is 9.53 Å². The van der Waals surface area contributed by atoms with Crippen LogP contribution in [0.5, 0.6) is 0 Å². The van der Waals surface area contributed by atoms with Gasteiger partial charge in [-0.3, -0.25) is 14.2 Å². The first-order valence-corrected chi connectivity index (χ1v) is 9.20. The van der Waals surface area contributed by atoms with E-state index < -0.39 is 17.2 Å². The topological polar surface area (TPSA) is 93.2 Å². The molecule has 1 fully saturated rings. The van der Waals surface area contributed by atoms with Gasteiger partial charge in [0, 0.05) is 23.4 Å². The van der Waals surface area contributed by atoms with Gasteiger partial charge in [-0.05, 0) is 37.3 Å². The number of hydrogen-bond acceptors (Lipinski definition) is 5. The summed E-state index contributed by atoms with van der Waals surface area (Å²) in [5.74, 6) is -0.555. The van der Waals surface area contributed by atoms with Crippen molar-refractivity contribution in [3.63, 3.8) is 0 Å². The average Bonchev–Trinajstić information content (AvgIpc) is 3.12. The third kappa shape index (κ3) is 4.02. The number of aromatic nitrogens is 2. The summed E-state index contributed by atoms with van der Waals surface area (Å²) in [7, 11) is 0. The third-order valence-electron chi connectivity index (χ3n) is 4.04. The zero-order valence-electron chi connectivity index (χ0n) is 13.8. The van der Waals surface area contributed by atoms with E-state index in [4.69, 9.17) is 4.74 Å². The van der Waals surface area contributed by atoms with Crippen molar-refractivity contribution in [1.29, 1.82) is 0 Å². The van der Waals surface area contributed by atoms with E-state index in [0.29, 0.717) is 12.3 Å². The van der Waals surface area contributed by atoms with Crippen molar-refractivity contribution in [3.8, 4) is 0 Å². The molecule has 1 aromatic heterocycles. The fourth-order valence-corrected chi connectivity index (χ4v) is 3.19. The molecule has 132 valence electrons. The van der Waals surface area contributed by atoms with E-state index in [9.17, 15) is 14.4 Å². The molecule has 0 saturated carbocycles. The molecule has 1 amide bonds. The number of anilines is 1. The number of benzene rings is 1. The number of nitrogens with one attached hydrogen (secondary N) is 2. The summed E-state index contributed by atoms with van der Waals surface area (Å²) in [6.07, 6.45) is 4.62. The van der Waals surface area contributed by atoms with Gasteiger partial charge >= 0.3 is 5.69 Å². The number of aromatic amines is 1. The summed E-state index contributed by atoms with van der Waals surface area (Å²) in [4.78, 5) is 40.4. The molecule has 0 aliphatic carbocycles. The summed E-state index contributed by atoms with van der Waals surface area (Å²) < 4.78 is 6.50. The molecule has 1 aliphatic heterocycles. The molecule has 0 radical (unpaired) electrons. The standard InChI is InChI=1S/C17H19N3O4S/c1-25-13-6-2-4-11(8-13)19-15(21)14-9-18-17(23)20(16(14)22)10-12-5-3-7-24-12/h2,4,6,8-9,12H,3,5,7,10H2,1H3,(H,18,23)(H,19,21). The maximum atomic E-state index is 12.6. The minimum absolute atomic E-state index is 0.104. The first-order chi connectivity index (χ1) is 12.1. The molecule has 1 aromatic carbocycles. The summed E-state index contributed by atoms with van der Waals surface area (Å²) in [5, 5.41) is 2.70. The van der Waals surface area contributed by atoms with Gasteiger partial charge in [0.2, 0.25) is 0 Å². The van der Waals surface area contributed by atoms with Gasteiger partial charge in [-0.15, -0.1) is 11.8 Å². The minimum atomic E-state index is -0.613. The monoisotopic (exact) mass is 361 g/mol. The molecule has 2 heterocycles. The lowest BCUT2D eigenvalue weighted by atomic mass is 10.2. The Morgan fingerprint density at radius 1 is 1.44 bits per heavy atom. The van der Waals surface area contributed by atoms with E-state index in [1.807, 2.05) is 24.5 Å². The zero-order chi connectivity index (χ0) is 17.8. The fourth-order valence-electron chi connectivity index (χ4n) is 2.73. The maximum absolute atomic E-state index is 12.6. The highest BCUT2D eigenvalue weighted by molar-refractivity contribution is 7.98. The second-order valence-electron chi connectivity index (χ2n) is 5.74. The zero-order valence-corrected chi connectivity index (χ0v) is 14.6. The summed E-state index contributed by atoms with van der Waals surface area (Å²) >= 11 is 1.55. The number of rotatable bonds is 5. The summed E-state index contributed by atoms with van der Waals surface area (Å²) in [6.45, 7) is 0.778. The molecule has 2 N–H and O–H groups in total. The van der Waals surface area contributed by atoms with Gasteiger partial charge in [0.1, 0.15) is 5.56 Å². The second-order valence-corrected chi connectivity index (χ2v) is 6.62. The number of ether oxygens (including phenoxy) is 1. The van der Waals surface area contributed by atoms with Gasteiger partial charge in [-0.2, -0.15) is 0 Å². The predicted octanol–water partition coefficient (Wildman–Crippen LogP) is 1.69. The second kappa shape index (κ2) is 7.71. The minimum Gasteiger partial charge on any atom is -0.376 e. The number of H-pyrrole nitrogens is 1. The van der Waals surface area contributed by atoms with Crippen molar-refractivity contribution in [2.24, 2.45) is 0 Å². The third-order valence-corrected chi connectivity index (χ3v) is 4.77. The Hall–Kier alpha value is -2.32. The fraction of sp³-hybridized carbons (Fsp3) is 0.353. The van der Waals surface area contributed by atoms with Gasteiger partial charge in [0.05, 0.1) is 12.6 Å². The molecule has 1 aliphatic rings. The van der Waals surface area contributed by atoms with Gasteiger partial charge in [-0.1, -0.05) is 6.07 Å². The largest absolute Gasteiger partial charge is 0.376 e. The molecule has 1 atom stereocenters. The predicted molar refractivity (Wildman–Crippen MR) is 96.5 cm³/mol. The quantitative estimate of drug-likeness (QED) is 0.791. The van der Waals surface area contributed by atoms with Crippen LogP contribution in [0.3, 0.4) is 0 Å². The van der Waals surface area contributed by atoms with E-state index in [0.717, 1.165) is 28.5 Å². The molecular weight excluding hydrogens is 342 g/mol. The number of hydrogen-bond donors (Lipinski definition) is 2. The van der Waals surface area contributed by atoms with Crippen LogP contribution in [0.15, 0.2) is 44.9 Å². The van der Waals surface area contributed by atoms with E-state index in [-0.39, 0.29) is 18.2 Å². The molecule has 0 bridgehead atoms. The van der Waals surface area contributed by atoms with Gasteiger partial charge in [-0.25, -0.2) is 4.79 Å². The lowest BCUT2D eigenvalue weighted by Crippen LogP contribution is -2.41.